The van der Waals surface area contributed by atoms with Gasteiger partial charge < -0.3 is 9.84 Å². The van der Waals surface area contributed by atoms with Crippen LogP contribution in [-0.4, -0.2) is 27.9 Å². The van der Waals surface area contributed by atoms with Gasteiger partial charge in [0, 0.05) is 21.9 Å². The molecule has 2 aromatic carbocycles. The minimum absolute atomic E-state index is 0.0524. The number of rotatable bonds is 3. The van der Waals surface area contributed by atoms with Crippen molar-refractivity contribution >= 4 is 67.1 Å². The van der Waals surface area contributed by atoms with E-state index in [0.29, 0.717) is 27.7 Å². The van der Waals surface area contributed by atoms with E-state index in [0.717, 1.165) is 20.9 Å². The number of thiazole rings is 1. The van der Waals surface area contributed by atoms with E-state index in [4.69, 9.17) is 16.3 Å². The number of carbonyl (C=O) groups is 2. The molecule has 0 spiro atoms. The SMILES string of the molecule is CC1Cc2cc(C(O)=C3C(=O)C(=O)N(c4nc5ccc(Cl)cc5s4)C3c3cccs3)ccc2O1. The van der Waals surface area contributed by atoms with Gasteiger partial charge in [0.25, 0.3) is 5.78 Å². The Bertz CT molecular complexity index is 1510. The summed E-state index contributed by atoms with van der Waals surface area (Å²) < 4.78 is 6.56. The number of benzene rings is 2. The molecule has 0 aliphatic carbocycles. The fourth-order valence-corrected chi connectivity index (χ4v) is 6.55. The van der Waals surface area contributed by atoms with Crippen molar-refractivity contribution in [3.8, 4) is 5.75 Å². The lowest BCUT2D eigenvalue weighted by Gasteiger charge is -2.21. The van der Waals surface area contributed by atoms with E-state index in [1.54, 1.807) is 30.3 Å². The molecular weight excluding hydrogens is 492 g/mol. The van der Waals surface area contributed by atoms with Gasteiger partial charge >= 0.3 is 5.91 Å². The summed E-state index contributed by atoms with van der Waals surface area (Å²) >= 11 is 8.82. The van der Waals surface area contributed by atoms with Crippen molar-refractivity contribution < 1.29 is 19.4 Å². The highest BCUT2D eigenvalue weighted by Gasteiger charge is 2.48. The van der Waals surface area contributed by atoms with Crippen LogP contribution in [-0.2, 0) is 16.0 Å². The van der Waals surface area contributed by atoms with Crippen molar-refractivity contribution in [2.24, 2.45) is 0 Å². The first-order valence-electron chi connectivity index (χ1n) is 10.6. The van der Waals surface area contributed by atoms with Crippen LogP contribution < -0.4 is 9.64 Å². The van der Waals surface area contributed by atoms with Gasteiger partial charge in [-0.15, -0.1) is 11.3 Å². The summed E-state index contributed by atoms with van der Waals surface area (Å²) in [6, 6.07) is 13.6. The van der Waals surface area contributed by atoms with E-state index in [-0.39, 0.29) is 17.4 Å². The standard InChI is InChI=1S/C25H17ClN2O4S2/c1-12-9-14-10-13(4-7-17(14)32-12)22(29)20-21(18-3-2-8-33-18)28(24(31)23(20)30)25-27-16-6-5-15(26)11-19(16)34-25/h2-8,10-12,21,29H,9H2,1H3. The van der Waals surface area contributed by atoms with Crippen LogP contribution >= 0.6 is 34.3 Å². The molecule has 0 bridgehead atoms. The molecule has 1 amide bonds. The number of aliphatic hydroxyl groups is 1. The molecule has 6 rings (SSSR count). The minimum Gasteiger partial charge on any atom is -0.507 e. The average molecular weight is 509 g/mol. The van der Waals surface area contributed by atoms with Gasteiger partial charge in [0.15, 0.2) is 5.13 Å². The fourth-order valence-electron chi connectivity index (χ4n) is 4.46. The molecule has 2 aliphatic rings. The lowest BCUT2D eigenvalue weighted by Crippen LogP contribution is -2.28. The number of ether oxygens (including phenoxy) is 1. The van der Waals surface area contributed by atoms with Crippen molar-refractivity contribution in [3.63, 3.8) is 0 Å². The lowest BCUT2D eigenvalue weighted by atomic mass is 9.98. The summed E-state index contributed by atoms with van der Waals surface area (Å²) in [6.45, 7) is 1.98. The van der Waals surface area contributed by atoms with Crippen LogP contribution in [0.25, 0.3) is 16.0 Å². The van der Waals surface area contributed by atoms with Crippen molar-refractivity contribution in [3.05, 3.63) is 80.5 Å². The van der Waals surface area contributed by atoms with Crippen LogP contribution in [0.1, 0.15) is 29.0 Å². The molecule has 6 nitrogen and oxygen atoms in total. The second-order valence-electron chi connectivity index (χ2n) is 8.25. The highest BCUT2D eigenvalue weighted by Crippen LogP contribution is 2.46. The Morgan fingerprint density at radius 2 is 2.06 bits per heavy atom. The smallest absolute Gasteiger partial charge is 0.301 e. The molecule has 170 valence electrons. The van der Waals surface area contributed by atoms with E-state index in [2.05, 4.69) is 4.98 Å². The maximum absolute atomic E-state index is 13.3. The Kier molecular flexibility index (Phi) is 4.98. The summed E-state index contributed by atoms with van der Waals surface area (Å²) in [4.78, 5) is 33.3. The van der Waals surface area contributed by atoms with Crippen LogP contribution in [0.3, 0.4) is 0 Å². The van der Waals surface area contributed by atoms with E-state index in [9.17, 15) is 14.7 Å². The molecule has 4 aromatic rings. The average Bonchev–Trinajstić information content (AvgIpc) is 3.58. The van der Waals surface area contributed by atoms with Gasteiger partial charge in [-0.3, -0.25) is 14.5 Å². The molecule has 0 radical (unpaired) electrons. The molecule has 2 aromatic heterocycles. The number of aromatic nitrogens is 1. The van der Waals surface area contributed by atoms with Gasteiger partial charge in [-0.1, -0.05) is 29.0 Å². The number of hydrogen-bond acceptors (Lipinski definition) is 7. The molecule has 2 atom stereocenters. The number of ketones is 1. The number of anilines is 1. The molecule has 0 saturated carbocycles. The van der Waals surface area contributed by atoms with Gasteiger partial charge in [-0.25, -0.2) is 4.98 Å². The van der Waals surface area contributed by atoms with Gasteiger partial charge in [-0.05, 0) is 60.3 Å². The monoisotopic (exact) mass is 508 g/mol. The van der Waals surface area contributed by atoms with Gasteiger partial charge in [0.05, 0.1) is 15.8 Å². The van der Waals surface area contributed by atoms with Crippen molar-refractivity contribution in [1.29, 1.82) is 0 Å². The van der Waals surface area contributed by atoms with Crippen LogP contribution in [0, 0.1) is 0 Å². The summed E-state index contributed by atoms with van der Waals surface area (Å²) in [6.07, 6.45) is 0.768. The Labute approximate surface area is 207 Å². The molecule has 9 heteroatoms. The number of aliphatic hydroxyl groups excluding tert-OH is 1. The van der Waals surface area contributed by atoms with Crippen molar-refractivity contribution in [2.45, 2.75) is 25.5 Å². The zero-order valence-electron chi connectivity index (χ0n) is 17.8. The minimum atomic E-state index is -0.778. The highest BCUT2D eigenvalue weighted by molar-refractivity contribution is 7.22. The predicted molar refractivity (Wildman–Crippen MR) is 134 cm³/mol. The third kappa shape index (κ3) is 3.33. The number of amides is 1. The summed E-state index contributed by atoms with van der Waals surface area (Å²) in [5.41, 5.74) is 2.18. The van der Waals surface area contributed by atoms with E-state index >= 15 is 0 Å². The van der Waals surface area contributed by atoms with Crippen LogP contribution in [0.15, 0.2) is 59.5 Å². The molecule has 34 heavy (non-hydrogen) atoms. The number of carbonyl (C=O) groups excluding carboxylic acids is 2. The number of fused-ring (bicyclic) bond motifs is 2. The zero-order valence-corrected chi connectivity index (χ0v) is 20.2. The third-order valence-electron chi connectivity index (χ3n) is 5.97. The first-order chi connectivity index (χ1) is 16.4. The van der Waals surface area contributed by atoms with E-state index in [1.807, 2.05) is 30.5 Å². The van der Waals surface area contributed by atoms with Crippen LogP contribution in [0.5, 0.6) is 5.75 Å². The molecule has 1 fully saturated rings. The maximum atomic E-state index is 13.3. The zero-order chi connectivity index (χ0) is 23.6. The molecule has 1 saturated heterocycles. The Morgan fingerprint density at radius 1 is 1.21 bits per heavy atom. The molecule has 4 heterocycles. The van der Waals surface area contributed by atoms with Crippen LogP contribution in [0.4, 0.5) is 5.13 Å². The normalized spacial score (nSPS) is 21.3. The van der Waals surface area contributed by atoms with Crippen molar-refractivity contribution in [1.82, 2.24) is 4.98 Å². The summed E-state index contributed by atoms with van der Waals surface area (Å²) in [7, 11) is 0. The number of hydrogen-bond donors (Lipinski definition) is 1. The number of thiophene rings is 1. The fraction of sp³-hybridized carbons (Fsp3) is 0.160. The van der Waals surface area contributed by atoms with Crippen molar-refractivity contribution in [2.75, 3.05) is 4.90 Å². The first-order valence-corrected chi connectivity index (χ1v) is 12.7. The second-order valence-corrected chi connectivity index (χ2v) is 10.7. The predicted octanol–water partition coefficient (Wildman–Crippen LogP) is 5.96. The van der Waals surface area contributed by atoms with Gasteiger partial charge in [-0.2, -0.15) is 0 Å². The first kappa shape index (κ1) is 21.3. The highest BCUT2D eigenvalue weighted by atomic mass is 35.5. The largest absolute Gasteiger partial charge is 0.507 e. The van der Waals surface area contributed by atoms with Gasteiger partial charge in [0.1, 0.15) is 23.7 Å². The van der Waals surface area contributed by atoms with Crippen LogP contribution in [0.2, 0.25) is 5.02 Å². The quantitative estimate of drug-likeness (QED) is 0.210. The molecular formula is C25H17ClN2O4S2. The maximum Gasteiger partial charge on any atom is 0.301 e. The topological polar surface area (TPSA) is 79.7 Å². The summed E-state index contributed by atoms with van der Waals surface area (Å²) in [5, 5.41) is 14.1. The number of halogens is 1. The van der Waals surface area contributed by atoms with E-state index < -0.39 is 17.7 Å². The number of Topliss-reactive ketones (excluding diaryl/α,β-unsaturated/α-hetero) is 1. The molecule has 1 N–H and O–H groups in total. The Balaban J connectivity index is 1.51. The Morgan fingerprint density at radius 3 is 2.85 bits per heavy atom. The molecule has 2 aliphatic heterocycles. The van der Waals surface area contributed by atoms with Gasteiger partial charge in [0.2, 0.25) is 0 Å². The van der Waals surface area contributed by atoms with E-state index in [1.165, 1.54) is 27.6 Å². The second kappa shape index (κ2) is 7.94. The third-order valence-corrected chi connectivity index (χ3v) is 8.15. The molecule has 2 unspecified atom stereocenters. The number of nitrogens with zero attached hydrogens (tertiary/aromatic N) is 2. The lowest BCUT2D eigenvalue weighted by molar-refractivity contribution is -0.132. The Hall–Kier alpha value is -3.20. The summed E-state index contributed by atoms with van der Waals surface area (Å²) in [5.74, 6) is -0.889.